The Morgan fingerprint density at radius 2 is 2.10 bits per heavy atom. The van der Waals surface area contributed by atoms with Crippen LogP contribution in [0.1, 0.15) is 31.2 Å². The average molecular weight is 453 g/mol. The molecule has 0 radical (unpaired) electrons. The van der Waals surface area contributed by atoms with Gasteiger partial charge in [-0.05, 0) is 18.9 Å². The monoisotopic (exact) mass is 452 g/mol. The standard InChI is InChI=1S/C20H21ClN2O6S/c21-12-6-11-10(5-18(26)29-15(11)7-14(12)24)8-28-17(25)4-2-1-3-16-19-13(9-30-16)22-20(27)23-19/h5-7,13,16,19,24H,1-4,8-9H2,(H2,22,23,27). The number of benzene rings is 1. The van der Waals surface area contributed by atoms with Crippen molar-refractivity contribution in [1.82, 2.24) is 10.6 Å². The number of unbranched alkanes of at least 4 members (excludes halogenated alkanes) is 1. The lowest BCUT2D eigenvalue weighted by Crippen LogP contribution is -2.36. The van der Waals surface area contributed by atoms with Crippen LogP contribution in [0.3, 0.4) is 0 Å². The van der Waals surface area contributed by atoms with Crippen molar-refractivity contribution >= 4 is 46.3 Å². The summed E-state index contributed by atoms with van der Waals surface area (Å²) in [4.78, 5) is 35.3. The first-order valence-electron chi connectivity index (χ1n) is 9.70. The molecular formula is C20H21ClN2O6S. The number of thioether (sulfide) groups is 1. The first-order valence-corrected chi connectivity index (χ1v) is 11.1. The zero-order chi connectivity index (χ0) is 21.3. The Bertz CT molecular complexity index is 1040. The van der Waals surface area contributed by atoms with Crippen LogP contribution in [-0.2, 0) is 16.1 Å². The molecule has 4 rings (SSSR count). The lowest BCUT2D eigenvalue weighted by atomic mass is 10.0. The first-order chi connectivity index (χ1) is 14.4. The van der Waals surface area contributed by atoms with Crippen molar-refractivity contribution in [3.8, 4) is 5.75 Å². The minimum atomic E-state index is -0.601. The van der Waals surface area contributed by atoms with Crippen LogP contribution in [-0.4, -0.2) is 40.2 Å². The van der Waals surface area contributed by atoms with Gasteiger partial charge in [0.2, 0.25) is 0 Å². The third-order valence-electron chi connectivity index (χ3n) is 5.34. The number of amides is 2. The molecule has 2 fully saturated rings. The summed E-state index contributed by atoms with van der Waals surface area (Å²) < 4.78 is 10.4. The highest BCUT2D eigenvalue weighted by molar-refractivity contribution is 8.00. The second-order valence-corrected chi connectivity index (χ2v) is 9.10. The summed E-state index contributed by atoms with van der Waals surface area (Å²) in [5.41, 5.74) is 0.0433. The van der Waals surface area contributed by atoms with E-state index in [0.29, 0.717) is 22.6 Å². The van der Waals surface area contributed by atoms with E-state index in [0.717, 1.165) is 18.6 Å². The Labute approximate surface area is 181 Å². The van der Waals surface area contributed by atoms with Crippen molar-refractivity contribution < 1.29 is 23.8 Å². The van der Waals surface area contributed by atoms with Crippen LogP contribution in [0, 0.1) is 0 Å². The first kappa shape index (κ1) is 20.9. The van der Waals surface area contributed by atoms with Crippen molar-refractivity contribution in [3.63, 3.8) is 0 Å². The van der Waals surface area contributed by atoms with E-state index in [4.69, 9.17) is 20.8 Å². The number of carbonyl (C=O) groups excluding carboxylic acids is 2. The van der Waals surface area contributed by atoms with E-state index in [1.165, 1.54) is 18.2 Å². The molecule has 30 heavy (non-hydrogen) atoms. The average Bonchev–Trinajstić information content (AvgIpc) is 3.24. The summed E-state index contributed by atoms with van der Waals surface area (Å²) >= 11 is 7.78. The molecule has 1 aromatic heterocycles. The van der Waals surface area contributed by atoms with Gasteiger partial charge in [-0.25, -0.2) is 9.59 Å². The number of carbonyl (C=O) groups is 2. The summed E-state index contributed by atoms with van der Waals surface area (Å²) in [6.45, 7) is -0.0814. The number of phenols is 1. The molecule has 3 N–H and O–H groups in total. The normalized spacial score (nSPS) is 22.6. The van der Waals surface area contributed by atoms with Gasteiger partial charge in [0, 0.05) is 40.5 Å². The van der Waals surface area contributed by atoms with Crippen molar-refractivity contribution in [2.45, 2.75) is 49.6 Å². The van der Waals surface area contributed by atoms with Gasteiger partial charge in [0.05, 0.1) is 17.1 Å². The fourth-order valence-corrected chi connectivity index (χ4v) is 5.55. The molecule has 8 nitrogen and oxygen atoms in total. The van der Waals surface area contributed by atoms with Gasteiger partial charge in [-0.1, -0.05) is 18.0 Å². The second kappa shape index (κ2) is 8.77. The highest BCUT2D eigenvalue weighted by atomic mass is 35.5. The number of aromatic hydroxyl groups is 1. The van der Waals surface area contributed by atoms with Crippen LogP contribution in [0.25, 0.3) is 11.0 Å². The molecule has 3 unspecified atom stereocenters. The molecule has 0 bridgehead atoms. The molecule has 160 valence electrons. The van der Waals surface area contributed by atoms with Gasteiger partial charge in [-0.3, -0.25) is 4.79 Å². The van der Waals surface area contributed by atoms with E-state index in [1.54, 1.807) is 0 Å². The van der Waals surface area contributed by atoms with Crippen molar-refractivity contribution in [2.75, 3.05) is 5.75 Å². The molecule has 0 spiro atoms. The van der Waals surface area contributed by atoms with Gasteiger partial charge in [0.25, 0.3) is 0 Å². The van der Waals surface area contributed by atoms with Gasteiger partial charge < -0.3 is 24.9 Å². The van der Waals surface area contributed by atoms with Crippen LogP contribution in [0.5, 0.6) is 5.75 Å². The summed E-state index contributed by atoms with van der Waals surface area (Å²) in [6, 6.07) is 4.25. The number of phenolic OH excluding ortho intramolecular Hbond substituents is 1. The maximum Gasteiger partial charge on any atom is 0.336 e. The number of fused-ring (bicyclic) bond motifs is 2. The predicted molar refractivity (Wildman–Crippen MR) is 113 cm³/mol. The molecule has 0 aliphatic carbocycles. The predicted octanol–water partition coefficient (Wildman–Crippen LogP) is 2.92. The molecule has 2 saturated heterocycles. The summed E-state index contributed by atoms with van der Waals surface area (Å²) in [7, 11) is 0. The number of rotatable bonds is 7. The Hall–Kier alpha value is -2.39. The Balaban J connectivity index is 1.26. The second-order valence-electron chi connectivity index (χ2n) is 7.42. The zero-order valence-electron chi connectivity index (χ0n) is 16.0. The summed E-state index contributed by atoms with van der Waals surface area (Å²) in [5.74, 6) is 0.368. The Morgan fingerprint density at radius 3 is 2.93 bits per heavy atom. The quantitative estimate of drug-likeness (QED) is 0.256. The number of hydrogen-bond acceptors (Lipinski definition) is 7. The molecule has 2 aliphatic rings. The van der Waals surface area contributed by atoms with Crippen LogP contribution >= 0.6 is 23.4 Å². The van der Waals surface area contributed by atoms with Crippen molar-refractivity contribution in [2.24, 2.45) is 0 Å². The maximum atomic E-state index is 12.1. The van der Waals surface area contributed by atoms with E-state index in [9.17, 15) is 19.5 Å². The minimum Gasteiger partial charge on any atom is -0.506 e. The SMILES string of the molecule is O=C1NC2CSC(CCCCC(=O)OCc3cc(=O)oc4cc(O)c(Cl)cc34)C2N1. The smallest absolute Gasteiger partial charge is 0.336 e. The molecule has 1 aromatic carbocycles. The highest BCUT2D eigenvalue weighted by Gasteiger charge is 2.42. The lowest BCUT2D eigenvalue weighted by Gasteiger charge is -2.16. The molecule has 0 saturated carbocycles. The molecular weight excluding hydrogens is 432 g/mol. The number of hydrogen-bond donors (Lipinski definition) is 3. The molecule has 3 heterocycles. The van der Waals surface area contributed by atoms with Crippen LogP contribution in [0.2, 0.25) is 5.02 Å². The van der Waals surface area contributed by atoms with E-state index in [-0.39, 0.29) is 53.5 Å². The topological polar surface area (TPSA) is 118 Å². The van der Waals surface area contributed by atoms with Gasteiger partial charge in [-0.2, -0.15) is 11.8 Å². The zero-order valence-corrected chi connectivity index (χ0v) is 17.6. The molecule has 2 aliphatic heterocycles. The van der Waals surface area contributed by atoms with E-state index in [1.807, 2.05) is 11.8 Å². The Kier molecular flexibility index (Phi) is 6.10. The summed E-state index contributed by atoms with van der Waals surface area (Å²) in [5, 5.41) is 16.5. The third-order valence-corrected chi connectivity index (χ3v) is 7.16. The van der Waals surface area contributed by atoms with E-state index >= 15 is 0 Å². The largest absolute Gasteiger partial charge is 0.506 e. The minimum absolute atomic E-state index is 0.0814. The molecule has 10 heteroatoms. The number of ether oxygens (including phenoxy) is 1. The lowest BCUT2D eigenvalue weighted by molar-refractivity contribution is -0.145. The van der Waals surface area contributed by atoms with Gasteiger partial charge in [0.15, 0.2) is 0 Å². The maximum absolute atomic E-state index is 12.1. The number of nitrogens with one attached hydrogen (secondary N) is 2. The van der Waals surface area contributed by atoms with E-state index < -0.39 is 5.63 Å². The van der Waals surface area contributed by atoms with Gasteiger partial charge in [0.1, 0.15) is 17.9 Å². The number of esters is 1. The van der Waals surface area contributed by atoms with Gasteiger partial charge >= 0.3 is 17.6 Å². The fraction of sp³-hybridized carbons (Fsp3) is 0.450. The summed E-state index contributed by atoms with van der Waals surface area (Å²) in [6.07, 6.45) is 2.75. The highest BCUT2D eigenvalue weighted by Crippen LogP contribution is 2.33. The number of urea groups is 1. The van der Waals surface area contributed by atoms with Crippen LogP contribution in [0.4, 0.5) is 4.79 Å². The van der Waals surface area contributed by atoms with E-state index in [2.05, 4.69) is 10.6 Å². The fourth-order valence-electron chi connectivity index (χ4n) is 3.84. The van der Waals surface area contributed by atoms with Crippen molar-refractivity contribution in [3.05, 3.63) is 39.2 Å². The molecule has 3 atom stereocenters. The van der Waals surface area contributed by atoms with Gasteiger partial charge in [-0.15, -0.1) is 0 Å². The molecule has 2 amide bonds. The van der Waals surface area contributed by atoms with Crippen LogP contribution < -0.4 is 16.3 Å². The Morgan fingerprint density at radius 1 is 1.27 bits per heavy atom. The third kappa shape index (κ3) is 4.52. The molecule has 2 aromatic rings. The van der Waals surface area contributed by atoms with Crippen LogP contribution in [0.15, 0.2) is 27.4 Å². The number of halogens is 1. The van der Waals surface area contributed by atoms with Crippen molar-refractivity contribution in [1.29, 1.82) is 0 Å².